The molecule has 17 heteroatoms. The fourth-order valence-electron chi connectivity index (χ4n) is 1.39. The van der Waals surface area contributed by atoms with Gasteiger partial charge in [0.2, 0.25) is 0 Å². The Labute approximate surface area is 189 Å². The Morgan fingerprint density at radius 3 is 1.07 bits per heavy atom. The second-order valence-corrected chi connectivity index (χ2v) is 7.42. The maximum Gasteiger partial charge on any atom is 2.00 e. The van der Waals surface area contributed by atoms with E-state index in [4.69, 9.17) is 0 Å². The van der Waals surface area contributed by atoms with Gasteiger partial charge in [0.05, 0.1) is 9.79 Å². The number of pyridine rings is 2. The zero-order chi connectivity index (χ0) is 22.0. The van der Waals surface area contributed by atoms with Crippen LogP contribution >= 0.6 is 0 Å². The summed E-state index contributed by atoms with van der Waals surface area (Å²) in [6.07, 6.45) is -8.54. The number of aromatic nitrogens is 2. The van der Waals surface area contributed by atoms with E-state index in [1.807, 2.05) is 0 Å². The molecule has 0 N–H and O–H groups in total. The Morgan fingerprint density at radius 2 is 0.931 bits per heavy atom. The van der Waals surface area contributed by atoms with Crippen LogP contribution in [0.2, 0.25) is 0 Å². The molecule has 2 heterocycles. The van der Waals surface area contributed by atoms with E-state index in [-0.39, 0.29) is 37.7 Å². The smallest absolute Gasteiger partial charge is 0.744 e. The molecule has 8 nitrogen and oxygen atoms in total. The van der Waals surface area contributed by atoms with Crippen molar-refractivity contribution in [3.05, 3.63) is 48.0 Å². The molecule has 2 aromatic rings. The largest absolute Gasteiger partial charge is 2.00 e. The van der Waals surface area contributed by atoms with Gasteiger partial charge in [-0.1, -0.05) is 0 Å². The maximum absolute atomic E-state index is 11.9. The Bertz CT molecular complexity index is 937. The van der Waals surface area contributed by atoms with Crippen LogP contribution in [0.5, 0.6) is 0 Å². The summed E-state index contributed by atoms with van der Waals surface area (Å²) in [5.41, 5.74) is -2.49. The van der Waals surface area contributed by atoms with Crippen LogP contribution in [-0.4, -0.2) is 73.6 Å². The first-order valence-electron chi connectivity index (χ1n) is 6.40. The van der Waals surface area contributed by atoms with Crippen molar-refractivity contribution in [1.29, 1.82) is 0 Å². The topological polar surface area (TPSA) is 140 Å². The van der Waals surface area contributed by atoms with Crippen molar-refractivity contribution in [1.82, 2.24) is 9.97 Å². The third-order valence-corrected chi connectivity index (χ3v) is 4.27. The summed E-state index contributed by atoms with van der Waals surface area (Å²) >= 11 is 0. The zero-order valence-corrected chi connectivity index (χ0v) is 17.4. The van der Waals surface area contributed by atoms with Gasteiger partial charge >= 0.3 is 50.1 Å². The number of nitrogens with zero attached hydrogens (tertiary/aromatic N) is 2. The molecule has 2 rings (SSSR count). The van der Waals surface area contributed by atoms with Gasteiger partial charge in [-0.2, -0.15) is 26.3 Å². The minimum Gasteiger partial charge on any atom is -0.744 e. The van der Waals surface area contributed by atoms with Crippen LogP contribution in [0.3, 0.4) is 0 Å². The summed E-state index contributed by atoms with van der Waals surface area (Å²) in [5, 5.41) is 0. The molecule has 0 saturated heterocycles. The van der Waals surface area contributed by atoms with Crippen LogP contribution in [0, 0.1) is 0 Å². The fraction of sp³-hybridized carbons (Fsp3) is 0.167. The number of alkyl halides is 6. The van der Waals surface area contributed by atoms with Gasteiger partial charge in [-0.05, 0) is 24.3 Å². The molecule has 0 aliphatic rings. The summed E-state index contributed by atoms with van der Waals surface area (Å²) < 4.78 is 133. The molecule has 2 aromatic heterocycles. The van der Waals surface area contributed by atoms with Crippen molar-refractivity contribution in [3.8, 4) is 0 Å². The van der Waals surface area contributed by atoms with Crippen LogP contribution < -0.4 is 0 Å². The summed E-state index contributed by atoms with van der Waals surface area (Å²) in [5.74, 6) is 0. The molecule has 0 radical (unpaired) electrons. The molecule has 0 fully saturated rings. The van der Waals surface area contributed by atoms with E-state index >= 15 is 0 Å². The van der Waals surface area contributed by atoms with Gasteiger partial charge in [-0.15, -0.1) is 0 Å². The molecular formula is C12H6CaF6N2O6S2. The Hall–Kier alpha value is -1.04. The minimum atomic E-state index is -4.74. The van der Waals surface area contributed by atoms with Crippen molar-refractivity contribution in [2.45, 2.75) is 22.1 Å². The summed E-state index contributed by atoms with van der Waals surface area (Å²) in [7, 11) is -9.49. The molecule has 0 atom stereocenters. The predicted octanol–water partition coefficient (Wildman–Crippen LogP) is 1.63. The predicted molar refractivity (Wildman–Crippen MR) is 80.2 cm³/mol. The molecule has 0 spiro atoms. The van der Waals surface area contributed by atoms with E-state index in [0.29, 0.717) is 36.7 Å². The molecular weight excluding hydrogens is 486 g/mol. The average molecular weight is 492 g/mol. The molecule has 0 aromatic carbocycles. The van der Waals surface area contributed by atoms with E-state index in [2.05, 4.69) is 9.97 Å². The van der Waals surface area contributed by atoms with Crippen LogP contribution in [0.4, 0.5) is 26.3 Å². The Kier molecular flexibility index (Phi) is 9.49. The monoisotopic (exact) mass is 492 g/mol. The van der Waals surface area contributed by atoms with Crippen LogP contribution in [0.15, 0.2) is 46.5 Å². The number of rotatable bonds is 2. The van der Waals surface area contributed by atoms with Crippen molar-refractivity contribution >= 4 is 58.0 Å². The second kappa shape index (κ2) is 9.84. The van der Waals surface area contributed by atoms with Gasteiger partial charge in [-0.3, -0.25) is 9.97 Å². The molecule has 0 bridgehead atoms. The van der Waals surface area contributed by atoms with E-state index < -0.39 is 53.8 Å². The standard InChI is InChI=1S/2C6H4F3NO3S.Ca/c2*7-6(8,9)5-2-1-4(3-10-5)14(11,12)13;/h2*1-3H,(H,11,12,13);/q;;+2/p-2. The van der Waals surface area contributed by atoms with Crippen molar-refractivity contribution in [2.24, 2.45) is 0 Å². The van der Waals surface area contributed by atoms with Crippen LogP contribution in [-0.2, 0) is 32.6 Å². The number of halogens is 6. The minimum absolute atomic E-state index is 0. The van der Waals surface area contributed by atoms with Gasteiger partial charge in [0, 0.05) is 12.4 Å². The quantitative estimate of drug-likeness (QED) is 0.350. The zero-order valence-electron chi connectivity index (χ0n) is 13.6. The van der Waals surface area contributed by atoms with Crippen molar-refractivity contribution in [3.63, 3.8) is 0 Å². The van der Waals surface area contributed by atoms with Gasteiger partial charge in [0.15, 0.2) is 0 Å². The molecule has 29 heavy (non-hydrogen) atoms. The molecule has 156 valence electrons. The van der Waals surface area contributed by atoms with Crippen molar-refractivity contribution in [2.75, 3.05) is 0 Å². The van der Waals surface area contributed by atoms with Crippen LogP contribution in [0.25, 0.3) is 0 Å². The van der Waals surface area contributed by atoms with Crippen LogP contribution in [0.1, 0.15) is 11.4 Å². The third-order valence-electron chi connectivity index (χ3n) is 2.63. The third kappa shape index (κ3) is 9.10. The first-order chi connectivity index (χ1) is 12.4. The summed E-state index contributed by atoms with van der Waals surface area (Å²) in [6, 6.07) is 2.01. The first-order valence-corrected chi connectivity index (χ1v) is 9.22. The normalized spacial score (nSPS) is 12.4. The van der Waals surface area contributed by atoms with Gasteiger partial charge in [0.25, 0.3) is 0 Å². The van der Waals surface area contributed by atoms with Crippen molar-refractivity contribution < 1.29 is 52.3 Å². The van der Waals surface area contributed by atoms with E-state index in [1.165, 1.54) is 0 Å². The average Bonchev–Trinajstić information content (AvgIpc) is 2.52. The van der Waals surface area contributed by atoms with Gasteiger partial charge in [0.1, 0.15) is 31.6 Å². The molecule has 0 aliphatic heterocycles. The molecule has 0 aliphatic carbocycles. The second-order valence-electron chi connectivity index (χ2n) is 4.66. The number of hydrogen-bond donors (Lipinski definition) is 0. The maximum atomic E-state index is 11.9. The van der Waals surface area contributed by atoms with E-state index in [0.717, 1.165) is 0 Å². The Morgan fingerprint density at radius 1 is 0.655 bits per heavy atom. The van der Waals surface area contributed by atoms with E-state index in [9.17, 15) is 52.3 Å². The fourth-order valence-corrected chi connectivity index (χ4v) is 2.22. The summed E-state index contributed by atoms with van der Waals surface area (Å²) in [4.78, 5) is 4.05. The Balaban J connectivity index is 0.000000523. The van der Waals surface area contributed by atoms with Gasteiger partial charge in [-0.25, -0.2) is 16.8 Å². The summed E-state index contributed by atoms with van der Waals surface area (Å²) in [6.45, 7) is 0. The van der Waals surface area contributed by atoms with E-state index in [1.54, 1.807) is 0 Å². The molecule has 0 unspecified atom stereocenters. The first kappa shape index (κ1) is 28.0. The van der Waals surface area contributed by atoms with Gasteiger partial charge < -0.3 is 9.11 Å². The molecule has 0 amide bonds. The SMILES string of the molecule is O=S(=O)([O-])c1ccc(C(F)(F)F)nc1.O=S(=O)([O-])c1ccc(C(F)(F)F)nc1.[Ca+2]. The number of hydrogen-bond acceptors (Lipinski definition) is 8. The molecule has 0 saturated carbocycles.